The Morgan fingerprint density at radius 2 is 2.07 bits per heavy atom. The molecular weight excluding hydrogens is 408 g/mol. The normalized spacial score (nSPS) is 11.6. The molecule has 0 amide bonds. The number of aromatic nitrogens is 3. The lowest BCUT2D eigenvalue weighted by Gasteiger charge is -2.23. The number of thiophene rings is 1. The summed E-state index contributed by atoms with van der Waals surface area (Å²) < 4.78 is 1.77. The van der Waals surface area contributed by atoms with Gasteiger partial charge in [-0.1, -0.05) is 25.4 Å². The summed E-state index contributed by atoms with van der Waals surface area (Å²) in [5.74, 6) is 1.03. The van der Waals surface area contributed by atoms with Crippen LogP contribution in [0.3, 0.4) is 0 Å². The quantitative estimate of drug-likeness (QED) is 0.579. The van der Waals surface area contributed by atoms with Crippen LogP contribution < -0.4 is 4.90 Å². The number of aliphatic hydroxyl groups is 1. The van der Waals surface area contributed by atoms with Gasteiger partial charge in [0.15, 0.2) is 11.4 Å². The molecule has 0 atom stereocenters. The topological polar surface area (TPSA) is 71.2 Å². The number of halogens is 1. The van der Waals surface area contributed by atoms with Crippen molar-refractivity contribution in [2.24, 2.45) is 7.05 Å². The highest BCUT2D eigenvalue weighted by Gasteiger charge is 2.20. The van der Waals surface area contributed by atoms with Gasteiger partial charge in [0.2, 0.25) is 0 Å². The minimum absolute atomic E-state index is 0.0572. The van der Waals surface area contributed by atoms with Crippen molar-refractivity contribution in [1.82, 2.24) is 14.8 Å². The van der Waals surface area contributed by atoms with E-state index in [1.807, 2.05) is 37.9 Å². The van der Waals surface area contributed by atoms with E-state index in [0.717, 1.165) is 32.0 Å². The molecular formula is C21H27ClN4O2S. The van der Waals surface area contributed by atoms with Crippen LogP contribution in [0.4, 0.5) is 5.82 Å². The number of rotatable bonds is 8. The van der Waals surface area contributed by atoms with Crippen LogP contribution in [0.5, 0.6) is 0 Å². The van der Waals surface area contributed by atoms with Gasteiger partial charge in [-0.2, -0.15) is 5.10 Å². The number of hydrogen-bond donors (Lipinski definition) is 1. The second kappa shape index (κ2) is 8.81. The van der Waals surface area contributed by atoms with Crippen LogP contribution in [-0.2, 0) is 18.3 Å². The summed E-state index contributed by atoms with van der Waals surface area (Å²) >= 11 is 7.66. The number of Topliss-reactive ketones (excluding diaryl/α,β-unsaturated/α-hetero) is 1. The Labute approximate surface area is 180 Å². The van der Waals surface area contributed by atoms with E-state index in [1.165, 1.54) is 0 Å². The van der Waals surface area contributed by atoms with Gasteiger partial charge in [0.25, 0.3) is 0 Å². The Hall–Kier alpha value is -1.96. The molecule has 0 aliphatic carbocycles. The Morgan fingerprint density at radius 3 is 2.66 bits per heavy atom. The number of carbonyl (C=O) groups is 1. The highest BCUT2D eigenvalue weighted by atomic mass is 35.5. The van der Waals surface area contributed by atoms with Crippen LogP contribution in [0.15, 0.2) is 12.1 Å². The van der Waals surface area contributed by atoms with Gasteiger partial charge in [-0.15, -0.1) is 11.3 Å². The van der Waals surface area contributed by atoms with Gasteiger partial charge in [-0.05, 0) is 37.5 Å². The molecule has 6 nitrogen and oxygen atoms in total. The molecule has 0 saturated carbocycles. The number of aryl methyl sites for hydroxylation is 3. The maximum absolute atomic E-state index is 12.7. The SMILES string of the molecule is Cc1sc(CC(=O)CN(CCO)c2cc(C(C)C)c3c(C)nn(C)c3n2)cc1Cl. The minimum atomic E-state index is -0.0572. The minimum Gasteiger partial charge on any atom is -0.395 e. The van der Waals surface area contributed by atoms with Crippen molar-refractivity contribution in [3.63, 3.8) is 0 Å². The van der Waals surface area contributed by atoms with E-state index in [0.29, 0.717) is 23.8 Å². The molecule has 3 heterocycles. The summed E-state index contributed by atoms with van der Waals surface area (Å²) in [5.41, 5.74) is 2.88. The fraction of sp³-hybridized carbons (Fsp3) is 0.476. The number of pyridine rings is 1. The molecule has 0 spiro atoms. The Kier molecular flexibility index (Phi) is 6.61. The standard InChI is InChI=1S/C21H27ClN4O2S/c1-12(2)17-10-19(23-21-20(17)13(3)24-25(21)5)26(6-7-27)11-15(28)8-16-9-18(22)14(4)29-16/h9-10,12,27H,6-8,11H2,1-5H3. The van der Waals surface area contributed by atoms with E-state index in [2.05, 4.69) is 18.9 Å². The molecule has 29 heavy (non-hydrogen) atoms. The third kappa shape index (κ3) is 4.63. The zero-order chi connectivity index (χ0) is 21.3. The zero-order valence-electron chi connectivity index (χ0n) is 17.5. The van der Waals surface area contributed by atoms with Crippen LogP contribution >= 0.6 is 22.9 Å². The first kappa shape index (κ1) is 21.7. The Balaban J connectivity index is 1.92. The summed E-state index contributed by atoms with van der Waals surface area (Å²) in [5, 5.41) is 15.9. The monoisotopic (exact) mass is 434 g/mol. The number of carbonyl (C=O) groups excluding carboxylic acids is 1. The van der Waals surface area contributed by atoms with Crippen molar-refractivity contribution in [3.05, 3.63) is 38.2 Å². The maximum Gasteiger partial charge on any atom is 0.160 e. The van der Waals surface area contributed by atoms with Crippen molar-refractivity contribution < 1.29 is 9.90 Å². The molecule has 0 radical (unpaired) electrons. The highest BCUT2D eigenvalue weighted by Crippen LogP contribution is 2.31. The second-order valence-electron chi connectivity index (χ2n) is 7.61. The van der Waals surface area contributed by atoms with Gasteiger partial charge in [0, 0.05) is 35.2 Å². The van der Waals surface area contributed by atoms with E-state index in [1.54, 1.807) is 16.0 Å². The van der Waals surface area contributed by atoms with Crippen LogP contribution in [0, 0.1) is 13.8 Å². The largest absolute Gasteiger partial charge is 0.395 e. The first-order chi connectivity index (χ1) is 13.7. The van der Waals surface area contributed by atoms with Crippen LogP contribution in [0.2, 0.25) is 5.02 Å². The number of hydrogen-bond acceptors (Lipinski definition) is 6. The Morgan fingerprint density at radius 1 is 1.34 bits per heavy atom. The van der Waals surface area contributed by atoms with Gasteiger partial charge in [-0.3, -0.25) is 9.48 Å². The summed E-state index contributed by atoms with van der Waals surface area (Å²) in [6, 6.07) is 3.88. The lowest BCUT2D eigenvalue weighted by Crippen LogP contribution is -2.34. The predicted molar refractivity (Wildman–Crippen MR) is 119 cm³/mol. The molecule has 3 aromatic rings. The fourth-order valence-corrected chi connectivity index (χ4v) is 4.82. The van der Waals surface area contributed by atoms with E-state index in [-0.39, 0.29) is 24.9 Å². The molecule has 0 fully saturated rings. The molecule has 156 valence electrons. The highest BCUT2D eigenvalue weighted by molar-refractivity contribution is 7.12. The first-order valence-electron chi connectivity index (χ1n) is 9.67. The van der Waals surface area contributed by atoms with Gasteiger partial charge in [0.1, 0.15) is 5.82 Å². The summed E-state index contributed by atoms with van der Waals surface area (Å²) in [4.78, 5) is 21.3. The zero-order valence-corrected chi connectivity index (χ0v) is 19.1. The molecule has 3 aromatic heterocycles. The average Bonchev–Trinajstić information content (AvgIpc) is 3.11. The molecule has 0 aromatic carbocycles. The fourth-order valence-electron chi connectivity index (χ4n) is 3.54. The maximum atomic E-state index is 12.7. The van der Waals surface area contributed by atoms with Crippen LogP contribution in [0.1, 0.15) is 40.8 Å². The predicted octanol–water partition coefficient (Wildman–Crippen LogP) is 4.03. The van der Waals surface area contributed by atoms with Crippen LogP contribution in [0.25, 0.3) is 11.0 Å². The van der Waals surface area contributed by atoms with Gasteiger partial charge >= 0.3 is 0 Å². The molecule has 8 heteroatoms. The number of fused-ring (bicyclic) bond motifs is 1. The molecule has 0 aliphatic heterocycles. The van der Waals surface area contributed by atoms with E-state index >= 15 is 0 Å². The molecule has 1 N–H and O–H groups in total. The Bertz CT molecular complexity index is 1020. The number of ketones is 1. The molecule has 0 saturated heterocycles. The van der Waals surface area contributed by atoms with E-state index in [4.69, 9.17) is 16.6 Å². The molecule has 0 unspecified atom stereocenters. The number of aliphatic hydroxyl groups excluding tert-OH is 1. The summed E-state index contributed by atoms with van der Waals surface area (Å²) in [6.07, 6.45) is 0.324. The third-order valence-corrected chi connectivity index (χ3v) is 6.50. The number of nitrogens with zero attached hydrogens (tertiary/aromatic N) is 4. The molecule has 0 bridgehead atoms. The van der Waals surface area contributed by atoms with Crippen molar-refractivity contribution in [1.29, 1.82) is 0 Å². The number of anilines is 1. The first-order valence-corrected chi connectivity index (χ1v) is 10.9. The average molecular weight is 435 g/mol. The summed E-state index contributed by atoms with van der Waals surface area (Å²) in [6.45, 7) is 8.66. The van der Waals surface area contributed by atoms with Gasteiger partial charge < -0.3 is 10.0 Å². The van der Waals surface area contributed by atoms with E-state index < -0.39 is 0 Å². The lowest BCUT2D eigenvalue weighted by atomic mass is 9.99. The smallest absolute Gasteiger partial charge is 0.160 e. The third-order valence-electron chi connectivity index (χ3n) is 4.95. The lowest BCUT2D eigenvalue weighted by molar-refractivity contribution is -0.117. The van der Waals surface area contributed by atoms with Crippen molar-refractivity contribution >= 4 is 45.6 Å². The molecule has 0 aliphatic rings. The summed E-state index contributed by atoms with van der Waals surface area (Å²) in [7, 11) is 1.88. The van der Waals surface area contributed by atoms with Crippen molar-refractivity contribution in [2.45, 2.75) is 40.0 Å². The van der Waals surface area contributed by atoms with Crippen molar-refractivity contribution in [3.8, 4) is 0 Å². The van der Waals surface area contributed by atoms with Crippen LogP contribution in [-0.4, -0.2) is 45.4 Å². The van der Waals surface area contributed by atoms with Gasteiger partial charge in [-0.25, -0.2) is 4.98 Å². The molecule has 3 rings (SSSR count). The van der Waals surface area contributed by atoms with Crippen molar-refractivity contribution in [2.75, 3.05) is 24.6 Å². The second-order valence-corrected chi connectivity index (χ2v) is 9.36. The van der Waals surface area contributed by atoms with E-state index in [9.17, 15) is 9.90 Å². The van der Waals surface area contributed by atoms with Gasteiger partial charge in [0.05, 0.1) is 23.9 Å².